The molecule has 0 spiro atoms. The fourth-order valence-corrected chi connectivity index (χ4v) is 3.03. The Morgan fingerprint density at radius 1 is 0.719 bits per heavy atom. The van der Waals surface area contributed by atoms with Crippen molar-refractivity contribution in [1.82, 2.24) is 0 Å². The zero-order valence-corrected chi connectivity index (χ0v) is 18.3. The SMILES string of the molecule is CC(=O)N(C)c1ccc(NC(=O)CNc2ccc(C(=O)N(C)c3ccccc3)cc2)cc1. The average molecular weight is 431 g/mol. The molecule has 0 unspecified atom stereocenters. The van der Waals surface area contributed by atoms with Crippen molar-refractivity contribution in [3.63, 3.8) is 0 Å². The van der Waals surface area contributed by atoms with Crippen molar-refractivity contribution in [2.24, 2.45) is 0 Å². The Labute approximate surface area is 187 Å². The van der Waals surface area contributed by atoms with E-state index >= 15 is 0 Å². The Morgan fingerprint density at radius 2 is 1.28 bits per heavy atom. The Hall–Kier alpha value is -4.13. The van der Waals surface area contributed by atoms with Crippen LogP contribution in [0.15, 0.2) is 78.9 Å². The second-order valence-corrected chi connectivity index (χ2v) is 7.30. The lowest BCUT2D eigenvalue weighted by Gasteiger charge is -2.17. The van der Waals surface area contributed by atoms with Crippen LogP contribution in [0.2, 0.25) is 0 Å². The topological polar surface area (TPSA) is 81.8 Å². The van der Waals surface area contributed by atoms with Crippen LogP contribution in [0.4, 0.5) is 22.7 Å². The summed E-state index contributed by atoms with van der Waals surface area (Å²) in [5.74, 6) is -0.383. The van der Waals surface area contributed by atoms with Gasteiger partial charge in [0.2, 0.25) is 11.8 Å². The van der Waals surface area contributed by atoms with Gasteiger partial charge in [-0.05, 0) is 60.7 Å². The molecule has 32 heavy (non-hydrogen) atoms. The number of nitrogens with one attached hydrogen (secondary N) is 2. The van der Waals surface area contributed by atoms with E-state index in [1.165, 1.54) is 11.8 Å². The molecule has 0 aliphatic heterocycles. The van der Waals surface area contributed by atoms with Gasteiger partial charge in [0.15, 0.2) is 0 Å². The number of anilines is 4. The van der Waals surface area contributed by atoms with Crippen LogP contribution < -0.4 is 20.4 Å². The third-order valence-electron chi connectivity index (χ3n) is 5.04. The fourth-order valence-electron chi connectivity index (χ4n) is 3.03. The lowest BCUT2D eigenvalue weighted by molar-refractivity contribution is -0.116. The third kappa shape index (κ3) is 5.72. The Bertz CT molecular complexity index is 1080. The van der Waals surface area contributed by atoms with Gasteiger partial charge in [-0.3, -0.25) is 14.4 Å². The highest BCUT2D eigenvalue weighted by molar-refractivity contribution is 6.06. The zero-order chi connectivity index (χ0) is 23.1. The van der Waals surface area contributed by atoms with E-state index in [1.807, 2.05) is 30.3 Å². The molecule has 164 valence electrons. The molecular weight excluding hydrogens is 404 g/mol. The fraction of sp³-hybridized carbons (Fsp3) is 0.160. The molecule has 0 aliphatic rings. The van der Waals surface area contributed by atoms with Crippen molar-refractivity contribution < 1.29 is 14.4 Å². The van der Waals surface area contributed by atoms with Crippen LogP contribution in [0.25, 0.3) is 0 Å². The molecule has 7 nitrogen and oxygen atoms in total. The van der Waals surface area contributed by atoms with E-state index in [1.54, 1.807) is 67.5 Å². The average Bonchev–Trinajstić information content (AvgIpc) is 2.82. The van der Waals surface area contributed by atoms with Gasteiger partial charge in [-0.1, -0.05) is 18.2 Å². The molecule has 0 bridgehead atoms. The minimum Gasteiger partial charge on any atom is -0.376 e. The van der Waals surface area contributed by atoms with Crippen molar-refractivity contribution in [3.05, 3.63) is 84.4 Å². The molecule has 2 N–H and O–H groups in total. The highest BCUT2D eigenvalue weighted by Gasteiger charge is 2.13. The van der Waals surface area contributed by atoms with E-state index in [0.29, 0.717) is 11.3 Å². The normalized spacial score (nSPS) is 10.2. The predicted octanol–water partition coefficient (Wildman–Crippen LogP) is 4.00. The number of nitrogens with zero attached hydrogens (tertiary/aromatic N) is 2. The van der Waals surface area contributed by atoms with Gasteiger partial charge >= 0.3 is 0 Å². The Balaban J connectivity index is 1.52. The number of amides is 3. The summed E-state index contributed by atoms with van der Waals surface area (Å²) in [6.07, 6.45) is 0. The van der Waals surface area contributed by atoms with Gasteiger partial charge in [-0.25, -0.2) is 0 Å². The van der Waals surface area contributed by atoms with Crippen LogP contribution in [0.5, 0.6) is 0 Å². The standard InChI is InChI=1S/C25H26N4O3/c1-18(30)28(2)23-15-13-21(14-16-23)27-24(31)17-26-20-11-9-19(10-12-20)25(32)29(3)22-7-5-4-6-8-22/h4-16,26H,17H2,1-3H3,(H,27,31). The molecule has 0 fully saturated rings. The number of benzene rings is 3. The van der Waals surface area contributed by atoms with Gasteiger partial charge in [0.1, 0.15) is 0 Å². The lowest BCUT2D eigenvalue weighted by Crippen LogP contribution is -2.26. The monoisotopic (exact) mass is 430 g/mol. The molecule has 3 rings (SSSR count). The largest absolute Gasteiger partial charge is 0.376 e. The van der Waals surface area contributed by atoms with Crippen molar-refractivity contribution in [1.29, 1.82) is 0 Å². The number of carbonyl (C=O) groups is 3. The molecule has 0 saturated heterocycles. The van der Waals surface area contributed by atoms with Crippen molar-refractivity contribution in [2.45, 2.75) is 6.92 Å². The van der Waals surface area contributed by atoms with E-state index < -0.39 is 0 Å². The molecule has 7 heteroatoms. The molecule has 3 aromatic rings. The van der Waals surface area contributed by atoms with Crippen LogP contribution in [-0.2, 0) is 9.59 Å². The van der Waals surface area contributed by atoms with E-state index in [9.17, 15) is 14.4 Å². The van der Waals surface area contributed by atoms with E-state index in [-0.39, 0.29) is 24.3 Å². The maximum absolute atomic E-state index is 12.6. The van der Waals surface area contributed by atoms with Gasteiger partial charge in [-0.15, -0.1) is 0 Å². The maximum Gasteiger partial charge on any atom is 0.258 e. The van der Waals surface area contributed by atoms with Crippen LogP contribution in [-0.4, -0.2) is 38.4 Å². The Morgan fingerprint density at radius 3 is 1.88 bits per heavy atom. The van der Waals surface area contributed by atoms with Gasteiger partial charge in [0.25, 0.3) is 5.91 Å². The minimum atomic E-state index is -0.207. The summed E-state index contributed by atoms with van der Waals surface area (Å²) in [4.78, 5) is 39.4. The van der Waals surface area contributed by atoms with Gasteiger partial charge in [-0.2, -0.15) is 0 Å². The summed E-state index contributed by atoms with van der Waals surface area (Å²) in [5, 5.41) is 5.85. The van der Waals surface area contributed by atoms with E-state index in [4.69, 9.17) is 0 Å². The summed E-state index contributed by atoms with van der Waals surface area (Å²) in [6.45, 7) is 1.57. The first-order chi connectivity index (χ1) is 15.3. The molecule has 0 atom stereocenters. The summed E-state index contributed by atoms with van der Waals surface area (Å²) >= 11 is 0. The van der Waals surface area contributed by atoms with Gasteiger partial charge in [0, 0.05) is 49.3 Å². The molecule has 0 aromatic heterocycles. The van der Waals surface area contributed by atoms with E-state index in [0.717, 1.165) is 17.1 Å². The van der Waals surface area contributed by atoms with Crippen LogP contribution >= 0.6 is 0 Å². The Kier molecular flexibility index (Phi) is 7.23. The number of hydrogen-bond acceptors (Lipinski definition) is 4. The van der Waals surface area contributed by atoms with Crippen LogP contribution in [0.1, 0.15) is 17.3 Å². The lowest BCUT2D eigenvalue weighted by atomic mass is 10.1. The first kappa shape index (κ1) is 22.6. The second-order valence-electron chi connectivity index (χ2n) is 7.30. The molecule has 3 aromatic carbocycles. The van der Waals surface area contributed by atoms with Crippen molar-refractivity contribution >= 4 is 40.5 Å². The maximum atomic E-state index is 12.6. The molecule has 3 amide bonds. The van der Waals surface area contributed by atoms with Crippen molar-refractivity contribution in [3.8, 4) is 0 Å². The highest BCUT2D eigenvalue weighted by atomic mass is 16.2. The van der Waals surface area contributed by atoms with Gasteiger partial charge < -0.3 is 20.4 Å². The smallest absolute Gasteiger partial charge is 0.258 e. The number of para-hydroxylation sites is 1. The van der Waals surface area contributed by atoms with Crippen LogP contribution in [0.3, 0.4) is 0 Å². The van der Waals surface area contributed by atoms with Crippen molar-refractivity contribution in [2.75, 3.05) is 41.1 Å². The van der Waals surface area contributed by atoms with Gasteiger partial charge in [0.05, 0.1) is 6.54 Å². The summed E-state index contributed by atoms with van der Waals surface area (Å²) < 4.78 is 0. The zero-order valence-electron chi connectivity index (χ0n) is 18.3. The second kappa shape index (κ2) is 10.3. The summed E-state index contributed by atoms with van der Waals surface area (Å²) in [7, 11) is 3.43. The number of rotatable bonds is 7. The first-order valence-corrected chi connectivity index (χ1v) is 10.2. The third-order valence-corrected chi connectivity index (χ3v) is 5.04. The van der Waals surface area contributed by atoms with Crippen LogP contribution in [0, 0.1) is 0 Å². The molecule has 0 saturated carbocycles. The number of carbonyl (C=O) groups excluding carboxylic acids is 3. The minimum absolute atomic E-state index is 0.0644. The summed E-state index contributed by atoms with van der Waals surface area (Å²) in [6, 6.07) is 23.5. The van der Waals surface area contributed by atoms with E-state index in [2.05, 4.69) is 10.6 Å². The molecule has 0 aliphatic carbocycles. The molecule has 0 radical (unpaired) electrons. The number of hydrogen-bond donors (Lipinski definition) is 2. The summed E-state index contributed by atoms with van der Waals surface area (Å²) in [5.41, 5.74) is 3.50. The highest BCUT2D eigenvalue weighted by Crippen LogP contribution is 2.18. The molecule has 0 heterocycles. The first-order valence-electron chi connectivity index (χ1n) is 10.2. The predicted molar refractivity (Wildman–Crippen MR) is 128 cm³/mol. The quantitative estimate of drug-likeness (QED) is 0.594. The molecular formula is C25H26N4O3.